The lowest BCUT2D eigenvalue weighted by Gasteiger charge is -2.29. The number of nitrogens with zero attached hydrogens (tertiary/aromatic N) is 2. The van der Waals surface area contributed by atoms with Gasteiger partial charge in [0.15, 0.2) is 0 Å². The van der Waals surface area contributed by atoms with Crippen molar-refractivity contribution in [3.05, 3.63) is 21.8 Å². The number of hydrogen-bond donors (Lipinski definition) is 1. The molecule has 21 heavy (non-hydrogen) atoms. The number of H-pyrrole nitrogens is 1. The minimum Gasteiger partial charge on any atom is -0.331 e. The van der Waals surface area contributed by atoms with Crippen LogP contribution < -0.4 is 14.8 Å². The molecule has 2 N–H and O–H groups in total. The highest BCUT2D eigenvalue weighted by molar-refractivity contribution is 6.29. The zero-order chi connectivity index (χ0) is 14.8. The summed E-state index contributed by atoms with van der Waals surface area (Å²) in [5, 5.41) is 9.93. The Morgan fingerprint density at radius 3 is 2.71 bits per heavy atom. The van der Waals surface area contributed by atoms with Gasteiger partial charge in [0.2, 0.25) is 5.15 Å². The van der Waals surface area contributed by atoms with Gasteiger partial charge in [-0.3, -0.25) is 4.90 Å². The lowest BCUT2D eigenvalue weighted by Crippen LogP contribution is -3.11. The molecule has 5 heteroatoms. The van der Waals surface area contributed by atoms with Gasteiger partial charge in [0.05, 0.1) is 26.2 Å². The van der Waals surface area contributed by atoms with E-state index in [0.29, 0.717) is 10.7 Å². The summed E-state index contributed by atoms with van der Waals surface area (Å²) in [5.41, 5.74) is 3.16. The first kappa shape index (κ1) is 14.6. The monoisotopic (exact) mass is 306 g/mol. The number of halogens is 1. The van der Waals surface area contributed by atoms with Crippen molar-refractivity contribution in [2.75, 3.05) is 31.1 Å². The minimum atomic E-state index is 0.511. The Morgan fingerprint density at radius 1 is 1.29 bits per heavy atom. The molecule has 1 fully saturated rings. The molecule has 0 saturated carbocycles. The van der Waals surface area contributed by atoms with Gasteiger partial charge < -0.3 is 4.90 Å². The van der Waals surface area contributed by atoms with Crippen molar-refractivity contribution < 1.29 is 9.88 Å². The van der Waals surface area contributed by atoms with Crippen LogP contribution in [0.3, 0.4) is 0 Å². The molecule has 1 aromatic heterocycles. The van der Waals surface area contributed by atoms with E-state index in [1.807, 2.05) is 0 Å². The minimum absolute atomic E-state index is 0.511. The number of anilines is 1. The van der Waals surface area contributed by atoms with Crippen molar-refractivity contribution in [1.82, 2.24) is 0 Å². The van der Waals surface area contributed by atoms with Gasteiger partial charge in [0.25, 0.3) is 5.82 Å². The van der Waals surface area contributed by atoms with Crippen molar-refractivity contribution >= 4 is 17.4 Å². The summed E-state index contributed by atoms with van der Waals surface area (Å²) in [4.78, 5) is 7.33. The third kappa shape index (κ3) is 2.73. The molecule has 0 bridgehead atoms. The lowest BCUT2D eigenvalue weighted by molar-refractivity contribution is -0.914. The summed E-state index contributed by atoms with van der Waals surface area (Å²) < 4.78 is 0. The number of nitrogens with one attached hydrogen (secondary N) is 2. The second-order valence-corrected chi connectivity index (χ2v) is 6.44. The fourth-order valence-corrected chi connectivity index (χ4v) is 3.83. The van der Waals surface area contributed by atoms with Gasteiger partial charge in [-0.05, 0) is 43.4 Å². The fraction of sp³-hybridized carbons (Fsp3) is 0.625. The Hall–Kier alpha value is -1.31. The predicted molar refractivity (Wildman–Crippen MR) is 82.6 cm³/mol. The van der Waals surface area contributed by atoms with Crippen LogP contribution in [-0.2, 0) is 13.0 Å². The number of nitriles is 1. The van der Waals surface area contributed by atoms with Crippen LogP contribution >= 0.6 is 11.6 Å². The van der Waals surface area contributed by atoms with Crippen LogP contribution in [0.1, 0.15) is 42.9 Å². The smallest absolute Gasteiger partial charge is 0.284 e. The van der Waals surface area contributed by atoms with Crippen LogP contribution in [0.15, 0.2) is 0 Å². The van der Waals surface area contributed by atoms with Crippen molar-refractivity contribution in [2.45, 2.75) is 39.2 Å². The maximum atomic E-state index is 9.42. The zero-order valence-electron chi connectivity index (χ0n) is 12.6. The third-order valence-corrected chi connectivity index (χ3v) is 5.12. The number of hydrogen-bond acceptors (Lipinski definition) is 2. The molecule has 3 rings (SSSR count). The first-order valence-corrected chi connectivity index (χ1v) is 8.37. The molecule has 0 aliphatic carbocycles. The Morgan fingerprint density at radius 2 is 2.05 bits per heavy atom. The molecule has 1 saturated heterocycles. The predicted octanol–water partition coefficient (Wildman–Crippen LogP) is 0.977. The fourth-order valence-electron chi connectivity index (χ4n) is 3.58. The highest BCUT2D eigenvalue weighted by Crippen LogP contribution is 2.28. The Bertz CT molecular complexity index is 573. The average Bonchev–Trinajstić information content (AvgIpc) is 2.54. The molecule has 2 aliphatic heterocycles. The zero-order valence-corrected chi connectivity index (χ0v) is 13.4. The van der Waals surface area contributed by atoms with Crippen LogP contribution in [0.25, 0.3) is 0 Å². The number of aromatic nitrogens is 1. The summed E-state index contributed by atoms with van der Waals surface area (Å²) in [6.07, 6.45) is 4.75. The molecule has 0 amide bonds. The number of fused-ring (bicyclic) bond motifs is 1. The molecular weight excluding hydrogens is 284 g/mol. The van der Waals surface area contributed by atoms with E-state index in [1.165, 1.54) is 36.2 Å². The maximum Gasteiger partial charge on any atom is 0.284 e. The largest absolute Gasteiger partial charge is 0.331 e. The molecule has 0 aromatic carbocycles. The van der Waals surface area contributed by atoms with Gasteiger partial charge in [0, 0.05) is 6.42 Å². The van der Waals surface area contributed by atoms with Crippen LogP contribution in [-0.4, -0.2) is 26.2 Å². The van der Waals surface area contributed by atoms with Gasteiger partial charge >= 0.3 is 0 Å². The number of rotatable bonds is 2. The van der Waals surface area contributed by atoms with E-state index in [-0.39, 0.29) is 0 Å². The molecule has 1 atom stereocenters. The normalized spacial score (nSPS) is 21.8. The highest BCUT2D eigenvalue weighted by Gasteiger charge is 2.33. The number of pyridine rings is 1. The molecule has 2 aliphatic rings. The third-order valence-electron chi connectivity index (χ3n) is 4.84. The standard InChI is InChI=1S/C16H21ClN4/c1-2-20-9-6-12-13(10-18)15(17)19-16(14(12)11-20)21-7-4-3-5-8-21/h2-9,11H2,1H3/p+2. The summed E-state index contributed by atoms with van der Waals surface area (Å²) in [7, 11) is 0. The van der Waals surface area contributed by atoms with E-state index in [2.05, 4.69) is 22.9 Å². The van der Waals surface area contributed by atoms with Crippen molar-refractivity contribution in [3.8, 4) is 6.07 Å². The van der Waals surface area contributed by atoms with E-state index in [9.17, 15) is 5.26 Å². The molecular formula is C16H23ClN4+2. The SMILES string of the molecule is CC[NH+]1CCc2c(C#N)c(Cl)[nH+]c(N3CCCCC3)c2C1. The van der Waals surface area contributed by atoms with Crippen molar-refractivity contribution in [2.24, 2.45) is 0 Å². The average molecular weight is 307 g/mol. The van der Waals surface area contributed by atoms with E-state index in [0.717, 1.165) is 39.1 Å². The number of likely N-dealkylation sites (N-methyl/N-ethyl adjacent to an activating group) is 1. The lowest BCUT2D eigenvalue weighted by atomic mass is 9.95. The van der Waals surface area contributed by atoms with Crippen molar-refractivity contribution in [3.63, 3.8) is 0 Å². The van der Waals surface area contributed by atoms with Gasteiger partial charge in [-0.2, -0.15) is 5.26 Å². The van der Waals surface area contributed by atoms with Gasteiger partial charge in [-0.25, -0.2) is 4.98 Å². The number of quaternary nitrogens is 1. The molecule has 0 spiro atoms. The molecule has 0 radical (unpaired) electrons. The number of piperidine rings is 1. The van der Waals surface area contributed by atoms with Crippen molar-refractivity contribution in [1.29, 1.82) is 5.26 Å². The Kier molecular flexibility index (Phi) is 4.32. The molecule has 1 unspecified atom stereocenters. The molecule has 4 nitrogen and oxygen atoms in total. The summed E-state index contributed by atoms with van der Waals surface area (Å²) >= 11 is 6.34. The van der Waals surface area contributed by atoms with Crippen LogP contribution in [0.4, 0.5) is 5.82 Å². The van der Waals surface area contributed by atoms with E-state index >= 15 is 0 Å². The van der Waals surface area contributed by atoms with Crippen LogP contribution in [0, 0.1) is 11.3 Å². The Balaban J connectivity index is 2.07. The summed E-state index contributed by atoms with van der Waals surface area (Å²) in [5.74, 6) is 1.17. The van der Waals surface area contributed by atoms with Gasteiger partial charge in [-0.1, -0.05) is 0 Å². The quantitative estimate of drug-likeness (QED) is 0.828. The number of aromatic amines is 1. The molecule has 3 heterocycles. The van der Waals surface area contributed by atoms with E-state index in [4.69, 9.17) is 11.6 Å². The van der Waals surface area contributed by atoms with E-state index in [1.54, 1.807) is 4.90 Å². The van der Waals surface area contributed by atoms with Gasteiger partial charge in [0.1, 0.15) is 23.7 Å². The second-order valence-electron chi connectivity index (χ2n) is 6.06. The van der Waals surface area contributed by atoms with Crippen LogP contribution in [0.5, 0.6) is 0 Å². The topological polar surface area (TPSA) is 45.6 Å². The second kappa shape index (κ2) is 6.21. The first-order chi connectivity index (χ1) is 10.2. The Labute approximate surface area is 131 Å². The highest BCUT2D eigenvalue weighted by atomic mass is 35.5. The first-order valence-electron chi connectivity index (χ1n) is 7.99. The van der Waals surface area contributed by atoms with Gasteiger partial charge in [-0.15, -0.1) is 0 Å². The summed E-state index contributed by atoms with van der Waals surface area (Å²) in [6.45, 7) is 7.63. The van der Waals surface area contributed by atoms with Crippen LogP contribution in [0.2, 0.25) is 5.15 Å². The summed E-state index contributed by atoms with van der Waals surface area (Å²) in [6, 6.07) is 2.30. The molecule has 112 valence electrons. The van der Waals surface area contributed by atoms with E-state index < -0.39 is 0 Å². The molecule has 1 aromatic rings. The maximum absolute atomic E-state index is 9.42.